The molecule has 2 nitrogen and oxygen atoms in total. The predicted octanol–water partition coefficient (Wildman–Crippen LogP) is 12.6. The van der Waals surface area contributed by atoms with Crippen LogP contribution >= 0.6 is 0 Å². The molecule has 0 aliphatic carbocycles. The zero-order chi connectivity index (χ0) is 58.5. The van der Waals surface area contributed by atoms with Crippen LogP contribution in [0.1, 0.15) is 63.4 Å². The number of rotatable bonds is 4. The highest BCUT2D eigenvalue weighted by atomic mass is 16.5. The van der Waals surface area contributed by atoms with Crippen molar-refractivity contribution < 1.29 is 50.3 Å². The zero-order valence-electron chi connectivity index (χ0n) is 54.3. The van der Waals surface area contributed by atoms with Crippen molar-refractivity contribution in [3.8, 4) is 33.8 Å². The molecule has 0 amide bonds. The second-order valence-corrected chi connectivity index (χ2v) is 10.5. The average molecular weight is 657 g/mol. The molecule has 1 aromatic heterocycles. The van der Waals surface area contributed by atoms with Gasteiger partial charge in [-0.3, -0.25) is 0 Å². The molecule has 1 aliphatic heterocycles. The lowest BCUT2D eigenvalue weighted by molar-refractivity contribution is 0.435. The standard InChI is InChI=1S/C47H30O2/c1-3-15-33(16-4-1)47(34-17-5-2-6-18-34)40-23-11-12-24-42(40)48-44-30-32(27-29-41(44)47)35-19-9-10-21-37(35)38-22-13-25-43-45(38)39-28-26-31-14-7-8-20-36(31)46(39)49-43/h1-30H/i1D,2D,3D,4D,5D,6D,7D,8D,9D,10D,11D,12D,13D,14D,15D,16D,17D,18D,19D,20D,21D,22D,23D,24D,25D,26D,27D,28D,29D,30D. The van der Waals surface area contributed by atoms with E-state index in [9.17, 15) is 17.8 Å². The van der Waals surface area contributed by atoms with E-state index in [0.29, 0.717) is 0 Å². The molecular weight excluding hydrogens is 597 g/mol. The van der Waals surface area contributed by atoms with Gasteiger partial charge in [-0.25, -0.2) is 0 Å². The lowest BCUT2D eigenvalue weighted by Gasteiger charge is -2.41. The van der Waals surface area contributed by atoms with Crippen molar-refractivity contribution in [2.45, 2.75) is 5.41 Å². The van der Waals surface area contributed by atoms with Gasteiger partial charge < -0.3 is 9.15 Å². The molecule has 2 heteroatoms. The van der Waals surface area contributed by atoms with Gasteiger partial charge in [-0.1, -0.05) is 157 Å². The van der Waals surface area contributed by atoms with Crippen LogP contribution in [0.4, 0.5) is 0 Å². The minimum Gasteiger partial charge on any atom is -0.457 e. The van der Waals surface area contributed by atoms with E-state index in [4.69, 9.17) is 32.5 Å². The summed E-state index contributed by atoms with van der Waals surface area (Å²) < 4.78 is 285. The maximum atomic E-state index is 10.1. The van der Waals surface area contributed by atoms with Crippen LogP contribution < -0.4 is 4.74 Å². The Bertz CT molecular complexity index is 4240. The maximum absolute atomic E-state index is 10.1. The Morgan fingerprint density at radius 3 is 1.92 bits per heavy atom. The van der Waals surface area contributed by atoms with Crippen molar-refractivity contribution in [2.24, 2.45) is 0 Å². The number of fused-ring (bicyclic) bond motifs is 7. The molecule has 8 aromatic carbocycles. The number of furan rings is 1. The van der Waals surface area contributed by atoms with Crippen LogP contribution in [0.5, 0.6) is 11.5 Å². The Morgan fingerprint density at radius 2 is 1.10 bits per heavy atom. The molecule has 2 heterocycles. The Morgan fingerprint density at radius 1 is 0.449 bits per heavy atom. The van der Waals surface area contributed by atoms with Crippen LogP contribution in [0.15, 0.2) is 186 Å². The molecule has 0 N–H and O–H groups in total. The van der Waals surface area contributed by atoms with Gasteiger partial charge in [-0.2, -0.15) is 0 Å². The van der Waals surface area contributed by atoms with Crippen molar-refractivity contribution in [2.75, 3.05) is 0 Å². The van der Waals surface area contributed by atoms with Crippen molar-refractivity contribution in [3.05, 3.63) is 204 Å². The monoisotopic (exact) mass is 656 g/mol. The number of para-hydroxylation sites is 1. The van der Waals surface area contributed by atoms with Gasteiger partial charge in [-0.15, -0.1) is 0 Å². The second kappa shape index (κ2) is 10.8. The van der Waals surface area contributed by atoms with Crippen molar-refractivity contribution in [1.29, 1.82) is 0 Å². The van der Waals surface area contributed by atoms with Crippen LogP contribution in [-0.4, -0.2) is 0 Å². The molecule has 10 rings (SSSR count). The lowest BCUT2D eigenvalue weighted by Crippen LogP contribution is -2.34. The smallest absolute Gasteiger partial charge is 0.143 e. The molecule has 0 saturated carbocycles. The molecule has 1 aliphatic rings. The summed E-state index contributed by atoms with van der Waals surface area (Å²) in [4.78, 5) is 0. The highest BCUT2D eigenvalue weighted by Gasteiger charge is 2.45. The molecule has 0 bridgehead atoms. The van der Waals surface area contributed by atoms with E-state index in [0.717, 1.165) is 0 Å². The maximum Gasteiger partial charge on any atom is 0.143 e. The Labute approximate surface area is 326 Å². The molecule has 0 atom stereocenters. The third-order valence-electron chi connectivity index (χ3n) is 8.07. The van der Waals surface area contributed by atoms with Gasteiger partial charge in [-0.05, 0) is 62.9 Å². The summed E-state index contributed by atoms with van der Waals surface area (Å²) in [6, 6.07) is -32.4. The van der Waals surface area contributed by atoms with Crippen LogP contribution in [0.2, 0.25) is 0 Å². The van der Waals surface area contributed by atoms with E-state index in [1.807, 2.05) is 0 Å². The van der Waals surface area contributed by atoms with Gasteiger partial charge in [0.25, 0.3) is 0 Å². The molecule has 0 radical (unpaired) electrons. The summed E-state index contributed by atoms with van der Waals surface area (Å²) in [6.45, 7) is 0. The van der Waals surface area contributed by atoms with Crippen LogP contribution in [0.25, 0.3) is 55.0 Å². The fourth-order valence-corrected chi connectivity index (χ4v) is 6.07. The Hall–Kier alpha value is -6.38. The van der Waals surface area contributed by atoms with Crippen LogP contribution in [0.3, 0.4) is 0 Å². The molecule has 0 spiro atoms. The topological polar surface area (TPSA) is 22.4 Å². The van der Waals surface area contributed by atoms with Gasteiger partial charge in [0, 0.05) is 27.3 Å². The highest BCUT2D eigenvalue weighted by Crippen LogP contribution is 2.56. The number of ether oxygens (including phenoxy) is 1. The summed E-state index contributed by atoms with van der Waals surface area (Å²) >= 11 is 0. The molecule has 49 heavy (non-hydrogen) atoms. The first-order valence-electron chi connectivity index (χ1n) is 29.3. The van der Waals surface area contributed by atoms with Crippen LogP contribution in [-0.2, 0) is 5.41 Å². The van der Waals surface area contributed by atoms with E-state index in [1.54, 1.807) is 0 Å². The third-order valence-corrected chi connectivity index (χ3v) is 8.07. The van der Waals surface area contributed by atoms with Gasteiger partial charge >= 0.3 is 0 Å². The van der Waals surface area contributed by atoms with Gasteiger partial charge in [0.1, 0.15) is 22.7 Å². The molecule has 9 aromatic rings. The van der Waals surface area contributed by atoms with Gasteiger partial charge in [0.2, 0.25) is 0 Å². The minimum absolute atomic E-state index is 0.496. The minimum atomic E-state index is -3.39. The summed E-state index contributed by atoms with van der Waals surface area (Å²) in [5.74, 6) is -2.24. The number of benzene rings is 8. The van der Waals surface area contributed by atoms with Crippen molar-refractivity contribution >= 4 is 32.7 Å². The second-order valence-electron chi connectivity index (χ2n) is 10.5. The quantitative estimate of drug-likeness (QED) is 0.188. The van der Waals surface area contributed by atoms with E-state index in [1.165, 1.54) is 0 Å². The first kappa shape index (κ1) is 11.1. The largest absolute Gasteiger partial charge is 0.457 e. The highest BCUT2D eigenvalue weighted by molar-refractivity contribution is 6.19. The normalized spacial score (nSPS) is 21.8. The van der Waals surface area contributed by atoms with Crippen LogP contribution in [0, 0.1) is 0 Å². The summed E-state index contributed by atoms with van der Waals surface area (Å²) in [5.41, 5.74) is -12.8. The van der Waals surface area contributed by atoms with E-state index in [2.05, 4.69) is 0 Å². The Balaban J connectivity index is 1.48. The Kier molecular flexibility index (Phi) is 2.45. The summed E-state index contributed by atoms with van der Waals surface area (Å²) in [7, 11) is 0. The van der Waals surface area contributed by atoms with E-state index in [-0.39, 0.29) is 0 Å². The third kappa shape index (κ3) is 4.07. The van der Waals surface area contributed by atoms with E-state index >= 15 is 0 Å². The SMILES string of the molecule is [2H]c1c([2H])c([2H])c(C2(c3c([2H])c([2H])c([2H])c([2H])c3[2H])c3c([2H])c([2H])c([2H])c([2H])c3Oc3c([2H])c(-c4c([2H])c([2H])c([2H])c([2H])c4-c4c([2H])c([2H])c([2H])c5oc6c7c([2H])c([2H])c([2H])c([2H])c7c([2H])c([2H])c6c45)c([2H])c([2H])c32)c([2H])c1[2H]. The molecular formula is C47H30O2. The lowest BCUT2D eigenvalue weighted by atomic mass is 9.63. The molecule has 230 valence electrons. The zero-order valence-corrected chi connectivity index (χ0v) is 24.3. The molecule has 0 unspecified atom stereocenters. The summed E-state index contributed by atoms with van der Waals surface area (Å²) in [6.07, 6.45) is 0. The van der Waals surface area contributed by atoms with Crippen molar-refractivity contribution in [1.82, 2.24) is 0 Å². The number of hydrogen-bond donors (Lipinski definition) is 0. The van der Waals surface area contributed by atoms with Gasteiger partial charge in [0.05, 0.1) is 46.5 Å². The van der Waals surface area contributed by atoms with Crippen molar-refractivity contribution in [3.63, 3.8) is 0 Å². The average Bonchev–Trinajstić information content (AvgIpc) is 2.64. The fourth-order valence-electron chi connectivity index (χ4n) is 6.07. The molecule has 0 fully saturated rings. The first-order valence-corrected chi connectivity index (χ1v) is 14.3. The van der Waals surface area contributed by atoms with Gasteiger partial charge in [0.15, 0.2) is 0 Å². The fraction of sp³-hybridized carbons (Fsp3) is 0.0213. The first-order chi connectivity index (χ1) is 36.8. The molecule has 0 saturated heterocycles. The predicted molar refractivity (Wildman–Crippen MR) is 200 cm³/mol. The number of hydrogen-bond acceptors (Lipinski definition) is 2. The van der Waals surface area contributed by atoms with E-state index < -0.39 is 275 Å². The summed E-state index contributed by atoms with van der Waals surface area (Å²) in [5, 5.41) is -2.18.